The number of ether oxygens (including phenoxy) is 1. The Morgan fingerprint density at radius 2 is 2.25 bits per heavy atom. The standard InChI is InChI=1S/C12H16N2O2/c1-3-7-14-10-6-4-5-9(13)11(10)16-8(2)12(14)15/h4-6,8H,3,7,13H2,1-2H3. The van der Waals surface area contributed by atoms with Gasteiger partial charge in [0.15, 0.2) is 11.9 Å². The number of fused-ring (bicyclic) bond motifs is 1. The highest BCUT2D eigenvalue weighted by Gasteiger charge is 2.31. The van der Waals surface area contributed by atoms with E-state index < -0.39 is 6.10 Å². The van der Waals surface area contributed by atoms with Crippen LogP contribution >= 0.6 is 0 Å². The Labute approximate surface area is 95.0 Å². The monoisotopic (exact) mass is 220 g/mol. The fraction of sp³-hybridized carbons (Fsp3) is 0.417. The summed E-state index contributed by atoms with van der Waals surface area (Å²) < 4.78 is 5.54. The van der Waals surface area contributed by atoms with Crippen molar-refractivity contribution in [1.82, 2.24) is 0 Å². The molecule has 1 aromatic carbocycles. The molecule has 1 aromatic rings. The molecule has 1 unspecified atom stereocenters. The molecule has 0 saturated heterocycles. The molecule has 1 heterocycles. The number of para-hydroxylation sites is 1. The van der Waals surface area contributed by atoms with Crippen molar-refractivity contribution in [3.05, 3.63) is 18.2 Å². The van der Waals surface area contributed by atoms with Crippen molar-refractivity contribution >= 4 is 17.3 Å². The molecule has 0 fully saturated rings. The van der Waals surface area contributed by atoms with Crippen LogP contribution < -0.4 is 15.4 Å². The van der Waals surface area contributed by atoms with Crippen LogP contribution in [0.4, 0.5) is 11.4 Å². The second-order valence-corrected chi connectivity index (χ2v) is 3.95. The Kier molecular flexibility index (Phi) is 2.73. The molecule has 0 aliphatic carbocycles. The molecule has 2 N–H and O–H groups in total. The quantitative estimate of drug-likeness (QED) is 0.773. The van der Waals surface area contributed by atoms with Gasteiger partial charge in [0.05, 0.1) is 11.4 Å². The van der Waals surface area contributed by atoms with Crippen LogP contribution in [0.3, 0.4) is 0 Å². The van der Waals surface area contributed by atoms with Crippen LogP contribution in [0, 0.1) is 0 Å². The third-order valence-electron chi connectivity index (χ3n) is 2.67. The molecule has 0 radical (unpaired) electrons. The second-order valence-electron chi connectivity index (χ2n) is 3.95. The predicted octanol–water partition coefficient (Wildman–Crippen LogP) is 1.79. The summed E-state index contributed by atoms with van der Waals surface area (Å²) in [6.45, 7) is 4.49. The molecular formula is C12H16N2O2. The number of amides is 1. The molecule has 0 bridgehead atoms. The summed E-state index contributed by atoms with van der Waals surface area (Å²) in [5, 5.41) is 0. The lowest BCUT2D eigenvalue weighted by Crippen LogP contribution is -2.44. The van der Waals surface area contributed by atoms with Crippen LogP contribution in [0.2, 0.25) is 0 Å². The van der Waals surface area contributed by atoms with Gasteiger partial charge in [-0.25, -0.2) is 0 Å². The van der Waals surface area contributed by atoms with E-state index in [2.05, 4.69) is 0 Å². The molecule has 4 heteroatoms. The topological polar surface area (TPSA) is 55.6 Å². The molecule has 1 atom stereocenters. The average molecular weight is 220 g/mol. The van der Waals surface area contributed by atoms with Crippen LogP contribution in [0.5, 0.6) is 5.75 Å². The average Bonchev–Trinajstić information content (AvgIpc) is 2.26. The van der Waals surface area contributed by atoms with Crippen LogP contribution in [-0.2, 0) is 4.79 Å². The van der Waals surface area contributed by atoms with E-state index >= 15 is 0 Å². The van der Waals surface area contributed by atoms with Crippen LogP contribution in [0.25, 0.3) is 0 Å². The normalized spacial score (nSPS) is 19.2. The number of anilines is 2. The summed E-state index contributed by atoms with van der Waals surface area (Å²) in [6, 6.07) is 5.49. The minimum Gasteiger partial charge on any atom is -0.477 e. The smallest absolute Gasteiger partial charge is 0.267 e. The molecule has 0 spiro atoms. The zero-order valence-electron chi connectivity index (χ0n) is 9.56. The molecule has 0 saturated carbocycles. The van der Waals surface area contributed by atoms with E-state index in [1.807, 2.05) is 19.1 Å². The summed E-state index contributed by atoms with van der Waals surface area (Å²) in [5.74, 6) is 0.628. The molecule has 86 valence electrons. The minimum absolute atomic E-state index is 0.0000463. The largest absolute Gasteiger partial charge is 0.477 e. The van der Waals surface area contributed by atoms with E-state index in [0.717, 1.165) is 12.1 Å². The first-order valence-electron chi connectivity index (χ1n) is 5.51. The first-order valence-corrected chi connectivity index (χ1v) is 5.51. The van der Waals surface area contributed by atoms with Crippen LogP contribution in [0.1, 0.15) is 20.3 Å². The maximum absolute atomic E-state index is 11.9. The Hall–Kier alpha value is -1.71. The number of nitrogen functional groups attached to an aromatic ring is 1. The first-order chi connectivity index (χ1) is 7.65. The van der Waals surface area contributed by atoms with Crippen molar-refractivity contribution in [1.29, 1.82) is 0 Å². The van der Waals surface area contributed by atoms with Gasteiger partial charge in [0, 0.05) is 6.54 Å². The molecule has 0 aromatic heterocycles. The van der Waals surface area contributed by atoms with E-state index in [4.69, 9.17) is 10.5 Å². The number of hydrogen-bond donors (Lipinski definition) is 1. The van der Waals surface area contributed by atoms with E-state index in [9.17, 15) is 4.79 Å². The molecule has 2 rings (SSSR count). The molecule has 16 heavy (non-hydrogen) atoms. The summed E-state index contributed by atoms with van der Waals surface area (Å²) in [4.78, 5) is 13.7. The molecule has 1 aliphatic heterocycles. The van der Waals surface area contributed by atoms with Crippen molar-refractivity contribution in [3.63, 3.8) is 0 Å². The van der Waals surface area contributed by atoms with E-state index in [-0.39, 0.29) is 5.91 Å². The number of carbonyl (C=O) groups is 1. The second kappa shape index (κ2) is 4.04. The van der Waals surface area contributed by atoms with Gasteiger partial charge in [-0.15, -0.1) is 0 Å². The number of benzene rings is 1. The van der Waals surface area contributed by atoms with Gasteiger partial charge in [-0.1, -0.05) is 13.0 Å². The van der Waals surface area contributed by atoms with Gasteiger partial charge in [0.2, 0.25) is 0 Å². The first kappa shape index (κ1) is 10.8. The Morgan fingerprint density at radius 3 is 2.94 bits per heavy atom. The fourth-order valence-corrected chi connectivity index (χ4v) is 1.90. The van der Waals surface area contributed by atoms with Crippen molar-refractivity contribution < 1.29 is 9.53 Å². The van der Waals surface area contributed by atoms with Gasteiger partial charge in [0.25, 0.3) is 5.91 Å². The summed E-state index contributed by atoms with van der Waals surface area (Å²) >= 11 is 0. The van der Waals surface area contributed by atoms with Gasteiger partial charge in [-0.05, 0) is 25.5 Å². The van der Waals surface area contributed by atoms with Crippen LogP contribution in [-0.4, -0.2) is 18.6 Å². The van der Waals surface area contributed by atoms with Crippen molar-refractivity contribution in [2.75, 3.05) is 17.2 Å². The molecule has 4 nitrogen and oxygen atoms in total. The maximum atomic E-state index is 11.9. The van der Waals surface area contributed by atoms with E-state index in [1.54, 1.807) is 17.9 Å². The summed E-state index contributed by atoms with van der Waals surface area (Å²) in [6.07, 6.45) is 0.455. The lowest BCUT2D eigenvalue weighted by atomic mass is 10.1. The van der Waals surface area contributed by atoms with E-state index in [0.29, 0.717) is 18.0 Å². The summed E-state index contributed by atoms with van der Waals surface area (Å²) in [7, 11) is 0. The van der Waals surface area contributed by atoms with Gasteiger partial charge < -0.3 is 15.4 Å². The zero-order chi connectivity index (χ0) is 11.7. The number of nitrogens with zero attached hydrogens (tertiary/aromatic N) is 1. The third kappa shape index (κ3) is 1.60. The Balaban J connectivity index is 2.48. The van der Waals surface area contributed by atoms with Crippen molar-refractivity contribution in [3.8, 4) is 5.75 Å². The fourth-order valence-electron chi connectivity index (χ4n) is 1.90. The molecule has 1 aliphatic rings. The highest BCUT2D eigenvalue weighted by Crippen LogP contribution is 2.38. The lowest BCUT2D eigenvalue weighted by Gasteiger charge is -2.33. The highest BCUT2D eigenvalue weighted by atomic mass is 16.5. The Morgan fingerprint density at radius 1 is 1.50 bits per heavy atom. The van der Waals surface area contributed by atoms with Crippen molar-refractivity contribution in [2.45, 2.75) is 26.4 Å². The number of carbonyl (C=O) groups excluding carboxylic acids is 1. The van der Waals surface area contributed by atoms with E-state index in [1.165, 1.54) is 0 Å². The Bertz CT molecular complexity index is 417. The number of rotatable bonds is 2. The van der Waals surface area contributed by atoms with Gasteiger partial charge >= 0.3 is 0 Å². The van der Waals surface area contributed by atoms with Gasteiger partial charge in [-0.2, -0.15) is 0 Å². The SMILES string of the molecule is CCCN1C(=O)C(C)Oc2c(N)cccc21. The zero-order valence-corrected chi connectivity index (χ0v) is 9.56. The molecular weight excluding hydrogens is 204 g/mol. The lowest BCUT2D eigenvalue weighted by molar-refractivity contribution is -0.125. The summed E-state index contributed by atoms with van der Waals surface area (Å²) in [5.41, 5.74) is 7.21. The van der Waals surface area contributed by atoms with Gasteiger partial charge in [0.1, 0.15) is 0 Å². The highest BCUT2D eigenvalue weighted by molar-refractivity contribution is 6.01. The molecule has 1 amide bonds. The number of hydrogen-bond acceptors (Lipinski definition) is 3. The third-order valence-corrected chi connectivity index (χ3v) is 2.67. The minimum atomic E-state index is -0.455. The predicted molar refractivity (Wildman–Crippen MR) is 63.6 cm³/mol. The van der Waals surface area contributed by atoms with Crippen molar-refractivity contribution in [2.24, 2.45) is 0 Å². The van der Waals surface area contributed by atoms with Crippen LogP contribution in [0.15, 0.2) is 18.2 Å². The van der Waals surface area contributed by atoms with Gasteiger partial charge in [-0.3, -0.25) is 4.79 Å². The maximum Gasteiger partial charge on any atom is 0.267 e. The number of nitrogens with two attached hydrogens (primary N) is 1.